The molecule has 2 N–H and O–H groups in total. The fraction of sp³-hybridized carbons (Fsp3) is 0.125. The highest BCUT2D eigenvalue weighted by molar-refractivity contribution is 5.99. The molecular weight excluding hydrogens is 278 g/mol. The molecule has 2 aliphatic heterocycles. The number of benzene rings is 1. The van der Waals surface area contributed by atoms with Gasteiger partial charge >= 0.3 is 0 Å². The fourth-order valence-electron chi connectivity index (χ4n) is 2.69. The maximum atomic E-state index is 6.34. The molecule has 0 fully saturated rings. The van der Waals surface area contributed by atoms with Crippen LogP contribution in [0.1, 0.15) is 0 Å². The summed E-state index contributed by atoms with van der Waals surface area (Å²) in [6.45, 7) is 0.571. The number of hydrogen-bond acceptors (Lipinski definition) is 6. The van der Waals surface area contributed by atoms with Gasteiger partial charge in [0.05, 0.1) is 30.9 Å². The van der Waals surface area contributed by atoms with Gasteiger partial charge in [0.1, 0.15) is 12.4 Å². The minimum absolute atomic E-state index is 0.571. The van der Waals surface area contributed by atoms with E-state index in [1.807, 2.05) is 41.4 Å². The molecular formula is C16H15N5O. The molecule has 0 saturated heterocycles. The lowest BCUT2D eigenvalue weighted by atomic mass is 10.0. The van der Waals surface area contributed by atoms with Crippen LogP contribution in [0.5, 0.6) is 0 Å². The molecule has 0 aliphatic carbocycles. The minimum Gasteiger partial charge on any atom is -0.396 e. The lowest BCUT2D eigenvalue weighted by Crippen LogP contribution is -2.28. The predicted octanol–water partition coefficient (Wildman–Crippen LogP) is 2.53. The first-order valence-electron chi connectivity index (χ1n) is 6.96. The van der Waals surface area contributed by atoms with Crippen molar-refractivity contribution < 1.29 is 4.84 Å². The highest BCUT2D eigenvalue weighted by Crippen LogP contribution is 2.43. The monoisotopic (exact) mass is 293 g/mol. The van der Waals surface area contributed by atoms with Crippen molar-refractivity contribution in [2.24, 2.45) is 4.99 Å². The van der Waals surface area contributed by atoms with E-state index < -0.39 is 0 Å². The average molecular weight is 293 g/mol. The second-order valence-electron chi connectivity index (χ2n) is 5.11. The molecule has 22 heavy (non-hydrogen) atoms. The van der Waals surface area contributed by atoms with Crippen LogP contribution in [0.3, 0.4) is 0 Å². The highest BCUT2D eigenvalue weighted by atomic mass is 16.7. The molecule has 1 aromatic carbocycles. The Balaban J connectivity index is 1.81. The summed E-state index contributed by atoms with van der Waals surface area (Å²) in [6.07, 6.45) is 5.47. The Labute approximate surface area is 128 Å². The summed E-state index contributed by atoms with van der Waals surface area (Å²) in [5.41, 5.74) is 10.6. The van der Waals surface area contributed by atoms with Gasteiger partial charge in [0.2, 0.25) is 0 Å². The lowest BCUT2D eigenvalue weighted by molar-refractivity contribution is -0.0790. The number of aliphatic imine (C=N–C) groups is 1. The fourth-order valence-corrected chi connectivity index (χ4v) is 2.69. The molecule has 0 saturated carbocycles. The SMILES string of the molecule is CON1C=C2C=Nc3c(ncc(-c4ccccc4)c3N)N2C1. The Morgan fingerprint density at radius 3 is 2.82 bits per heavy atom. The Hall–Kier alpha value is -2.86. The predicted molar refractivity (Wildman–Crippen MR) is 86.5 cm³/mol. The number of nitrogen functional groups attached to an aromatic ring is 1. The first-order valence-corrected chi connectivity index (χ1v) is 6.96. The molecule has 0 atom stereocenters. The number of rotatable bonds is 2. The van der Waals surface area contributed by atoms with Gasteiger partial charge in [0.25, 0.3) is 0 Å². The Morgan fingerprint density at radius 2 is 2.05 bits per heavy atom. The van der Waals surface area contributed by atoms with Gasteiger partial charge in [-0.1, -0.05) is 30.3 Å². The third-order valence-corrected chi connectivity index (χ3v) is 3.84. The van der Waals surface area contributed by atoms with E-state index in [1.165, 1.54) is 0 Å². The average Bonchev–Trinajstić information content (AvgIpc) is 2.99. The molecule has 0 unspecified atom stereocenters. The number of hydroxylamine groups is 2. The van der Waals surface area contributed by atoms with E-state index in [2.05, 4.69) is 9.98 Å². The summed E-state index contributed by atoms with van der Waals surface area (Å²) in [5, 5.41) is 1.72. The Morgan fingerprint density at radius 1 is 1.23 bits per heavy atom. The van der Waals surface area contributed by atoms with Crippen LogP contribution in [0.25, 0.3) is 11.1 Å². The van der Waals surface area contributed by atoms with Crippen LogP contribution in [0, 0.1) is 0 Å². The van der Waals surface area contributed by atoms with Crippen LogP contribution in [-0.4, -0.2) is 30.0 Å². The van der Waals surface area contributed by atoms with Crippen molar-refractivity contribution in [2.75, 3.05) is 24.4 Å². The van der Waals surface area contributed by atoms with Crippen LogP contribution in [0.2, 0.25) is 0 Å². The van der Waals surface area contributed by atoms with E-state index in [4.69, 9.17) is 10.6 Å². The van der Waals surface area contributed by atoms with Gasteiger partial charge in [-0.3, -0.25) is 4.84 Å². The molecule has 110 valence electrons. The number of anilines is 2. The third-order valence-electron chi connectivity index (χ3n) is 3.84. The van der Waals surface area contributed by atoms with Gasteiger partial charge in [-0.25, -0.2) is 15.0 Å². The summed E-state index contributed by atoms with van der Waals surface area (Å²) in [6, 6.07) is 9.97. The zero-order valence-corrected chi connectivity index (χ0v) is 12.1. The first kappa shape index (κ1) is 12.8. The van der Waals surface area contributed by atoms with Crippen LogP contribution in [0.15, 0.2) is 53.4 Å². The van der Waals surface area contributed by atoms with E-state index in [9.17, 15) is 0 Å². The van der Waals surface area contributed by atoms with Crippen molar-refractivity contribution in [3.05, 3.63) is 48.4 Å². The summed E-state index contributed by atoms with van der Waals surface area (Å²) in [4.78, 5) is 16.3. The molecule has 3 heterocycles. The summed E-state index contributed by atoms with van der Waals surface area (Å²) in [5.74, 6) is 0.755. The van der Waals surface area contributed by atoms with Crippen LogP contribution in [0.4, 0.5) is 17.2 Å². The number of aromatic nitrogens is 1. The molecule has 0 bridgehead atoms. The molecule has 2 aliphatic rings. The summed E-state index contributed by atoms with van der Waals surface area (Å²) < 4.78 is 0. The largest absolute Gasteiger partial charge is 0.396 e. The molecule has 0 amide bonds. The molecule has 4 rings (SSSR count). The normalized spacial score (nSPS) is 15.6. The lowest BCUT2D eigenvalue weighted by Gasteiger charge is -2.25. The second kappa shape index (κ2) is 4.85. The van der Waals surface area contributed by atoms with Gasteiger partial charge in [-0.15, -0.1) is 0 Å². The summed E-state index contributed by atoms with van der Waals surface area (Å²) >= 11 is 0. The number of hydrogen-bond donors (Lipinski definition) is 1. The molecule has 2 aromatic rings. The quantitative estimate of drug-likeness (QED) is 0.921. The van der Waals surface area contributed by atoms with Crippen molar-refractivity contribution in [3.63, 3.8) is 0 Å². The van der Waals surface area contributed by atoms with Crippen molar-refractivity contribution >= 4 is 23.4 Å². The smallest absolute Gasteiger partial charge is 0.162 e. The van der Waals surface area contributed by atoms with E-state index >= 15 is 0 Å². The second-order valence-corrected chi connectivity index (χ2v) is 5.11. The van der Waals surface area contributed by atoms with Gasteiger partial charge < -0.3 is 10.6 Å². The minimum atomic E-state index is 0.571. The van der Waals surface area contributed by atoms with Crippen molar-refractivity contribution in [2.45, 2.75) is 0 Å². The van der Waals surface area contributed by atoms with E-state index in [0.717, 1.165) is 22.6 Å². The molecule has 1 aromatic heterocycles. The van der Waals surface area contributed by atoms with Crippen molar-refractivity contribution in [1.82, 2.24) is 10.0 Å². The van der Waals surface area contributed by atoms with Gasteiger partial charge in [0.15, 0.2) is 5.82 Å². The van der Waals surface area contributed by atoms with E-state index in [0.29, 0.717) is 18.0 Å². The summed E-state index contributed by atoms with van der Waals surface area (Å²) in [7, 11) is 1.63. The van der Waals surface area contributed by atoms with Crippen LogP contribution >= 0.6 is 0 Å². The number of nitrogens with zero attached hydrogens (tertiary/aromatic N) is 4. The van der Waals surface area contributed by atoms with E-state index in [1.54, 1.807) is 24.6 Å². The maximum absolute atomic E-state index is 6.34. The number of allylic oxidation sites excluding steroid dienone is 1. The zero-order valence-electron chi connectivity index (χ0n) is 12.1. The Bertz CT molecular complexity index is 785. The topological polar surface area (TPSA) is 67.0 Å². The molecule has 0 spiro atoms. The first-order chi connectivity index (χ1) is 10.8. The third kappa shape index (κ3) is 1.85. The van der Waals surface area contributed by atoms with Crippen molar-refractivity contribution in [1.29, 1.82) is 0 Å². The molecule has 0 radical (unpaired) electrons. The Kier molecular flexibility index (Phi) is 2.83. The zero-order chi connectivity index (χ0) is 15.1. The van der Waals surface area contributed by atoms with Crippen LogP contribution in [-0.2, 0) is 4.84 Å². The maximum Gasteiger partial charge on any atom is 0.162 e. The van der Waals surface area contributed by atoms with Gasteiger partial charge in [0, 0.05) is 11.8 Å². The molecule has 6 heteroatoms. The number of fused-ring (bicyclic) bond motifs is 3. The van der Waals surface area contributed by atoms with E-state index in [-0.39, 0.29) is 0 Å². The molecule has 6 nitrogen and oxygen atoms in total. The van der Waals surface area contributed by atoms with Gasteiger partial charge in [-0.05, 0) is 5.56 Å². The van der Waals surface area contributed by atoms with Crippen molar-refractivity contribution in [3.8, 4) is 11.1 Å². The van der Waals surface area contributed by atoms with Gasteiger partial charge in [-0.2, -0.15) is 0 Å². The number of nitrogens with two attached hydrogens (primary N) is 1. The van der Waals surface area contributed by atoms with Crippen LogP contribution < -0.4 is 10.6 Å². The number of pyridine rings is 1. The standard InChI is InChI=1S/C16H15N5O/c1-22-20-9-12-7-18-15-14(17)13(11-5-3-2-4-6-11)8-19-16(15)21(12)10-20/h2-9H,10H2,1H3,(H2,17,19). The highest BCUT2D eigenvalue weighted by Gasteiger charge is 2.29.